The number of nitrogens with one attached hydrogen (secondary N) is 2. The predicted molar refractivity (Wildman–Crippen MR) is 130 cm³/mol. The molecule has 0 aliphatic carbocycles. The third-order valence-corrected chi connectivity index (χ3v) is 6.20. The molecule has 10 heteroatoms. The third kappa shape index (κ3) is 4.49. The van der Waals surface area contributed by atoms with Crippen LogP contribution in [0.25, 0.3) is 11.4 Å². The molecule has 0 spiro atoms. The number of morpholine rings is 1. The summed E-state index contributed by atoms with van der Waals surface area (Å²) in [5, 5.41) is 5.34. The van der Waals surface area contributed by atoms with Gasteiger partial charge >= 0.3 is 6.03 Å². The number of anilines is 3. The van der Waals surface area contributed by atoms with Crippen LogP contribution in [0.15, 0.2) is 42.9 Å². The summed E-state index contributed by atoms with van der Waals surface area (Å²) in [4.78, 5) is 34.7. The Morgan fingerprint density at radius 3 is 2.74 bits per heavy atom. The minimum atomic E-state index is -0.258. The largest absolute Gasteiger partial charge is 0.377 e. The molecule has 10 nitrogen and oxygen atoms in total. The average Bonchev–Trinajstić information content (AvgIpc) is 2.89. The van der Waals surface area contributed by atoms with E-state index in [0.29, 0.717) is 31.3 Å². The Hall–Kier alpha value is -3.79. The lowest BCUT2D eigenvalue weighted by Gasteiger charge is -2.38. The summed E-state index contributed by atoms with van der Waals surface area (Å²) in [7, 11) is 1.59. The van der Waals surface area contributed by atoms with Gasteiger partial charge in [-0.3, -0.25) is 0 Å². The quantitative estimate of drug-likeness (QED) is 0.611. The minimum Gasteiger partial charge on any atom is -0.377 e. The number of amides is 2. The van der Waals surface area contributed by atoms with Crippen molar-refractivity contribution in [3.8, 4) is 11.4 Å². The van der Waals surface area contributed by atoms with E-state index in [2.05, 4.69) is 37.3 Å². The number of nitrogens with zero attached hydrogens (tertiary/aromatic N) is 6. The van der Waals surface area contributed by atoms with E-state index in [1.165, 1.54) is 5.56 Å². The molecule has 1 unspecified atom stereocenters. The number of ether oxygens (including phenoxy) is 1. The van der Waals surface area contributed by atoms with Gasteiger partial charge in [0.05, 0.1) is 31.5 Å². The van der Waals surface area contributed by atoms with E-state index in [4.69, 9.17) is 14.7 Å². The molecule has 1 saturated heterocycles. The standard InChI is InChI=1S/C24H28N8O2/c1-16-14-34-12-11-32(16)23-19-8-10-31(21-7-9-26-15-27-21)13-20(19)29-22(30-23)17-3-5-18(6-4-17)28-24(33)25-2/h3-7,9,15-16H,8,10-14H2,1-2H3,(H2,25,28,33). The molecule has 34 heavy (non-hydrogen) atoms. The SMILES string of the molecule is CNC(=O)Nc1ccc(-c2nc3c(c(N4CCOCC4C)n2)CCN(c2ccncn2)C3)cc1. The topological polar surface area (TPSA) is 108 Å². The Morgan fingerprint density at radius 1 is 1.15 bits per heavy atom. The van der Waals surface area contributed by atoms with Crippen molar-refractivity contribution in [1.29, 1.82) is 0 Å². The lowest BCUT2D eigenvalue weighted by atomic mass is 10.0. The van der Waals surface area contributed by atoms with E-state index in [1.807, 2.05) is 30.3 Å². The molecule has 2 N–H and O–H groups in total. The molecule has 1 atom stereocenters. The number of benzene rings is 1. The molecule has 5 rings (SSSR count). The minimum absolute atomic E-state index is 0.236. The zero-order valence-electron chi connectivity index (χ0n) is 19.4. The average molecular weight is 461 g/mol. The lowest BCUT2D eigenvalue weighted by molar-refractivity contribution is 0.0984. The lowest BCUT2D eigenvalue weighted by Crippen LogP contribution is -2.45. The zero-order chi connectivity index (χ0) is 23.5. The summed E-state index contributed by atoms with van der Waals surface area (Å²) >= 11 is 0. The van der Waals surface area contributed by atoms with Crippen LogP contribution in [-0.2, 0) is 17.7 Å². The predicted octanol–water partition coefficient (Wildman–Crippen LogP) is 2.47. The monoisotopic (exact) mass is 460 g/mol. The van der Waals surface area contributed by atoms with E-state index >= 15 is 0 Å². The van der Waals surface area contributed by atoms with Gasteiger partial charge in [-0.1, -0.05) is 0 Å². The highest BCUT2D eigenvalue weighted by atomic mass is 16.5. The van der Waals surface area contributed by atoms with Crippen LogP contribution in [-0.4, -0.2) is 65.4 Å². The van der Waals surface area contributed by atoms with Crippen LogP contribution in [0.4, 0.5) is 22.1 Å². The maximum absolute atomic E-state index is 11.6. The molecule has 2 aliphatic heterocycles. The third-order valence-electron chi connectivity index (χ3n) is 6.20. The fourth-order valence-electron chi connectivity index (χ4n) is 4.38. The molecule has 4 heterocycles. The Kier molecular flexibility index (Phi) is 6.22. The fourth-order valence-corrected chi connectivity index (χ4v) is 4.38. The van der Waals surface area contributed by atoms with E-state index in [9.17, 15) is 4.79 Å². The molecule has 176 valence electrons. The Labute approximate surface area is 198 Å². The van der Waals surface area contributed by atoms with Gasteiger partial charge in [0.2, 0.25) is 0 Å². The van der Waals surface area contributed by atoms with E-state index in [-0.39, 0.29) is 12.1 Å². The molecule has 2 amide bonds. The van der Waals surface area contributed by atoms with E-state index in [0.717, 1.165) is 42.4 Å². The van der Waals surface area contributed by atoms with Gasteiger partial charge in [-0.2, -0.15) is 0 Å². The van der Waals surface area contributed by atoms with Crippen LogP contribution in [0.5, 0.6) is 0 Å². The van der Waals surface area contributed by atoms with Crippen molar-refractivity contribution in [1.82, 2.24) is 25.3 Å². The van der Waals surface area contributed by atoms with Gasteiger partial charge in [-0.05, 0) is 43.7 Å². The summed E-state index contributed by atoms with van der Waals surface area (Å²) < 4.78 is 5.67. The van der Waals surface area contributed by atoms with Crippen molar-refractivity contribution in [3.05, 3.63) is 54.1 Å². The summed E-state index contributed by atoms with van der Waals surface area (Å²) in [5.74, 6) is 2.56. The maximum atomic E-state index is 11.6. The highest BCUT2D eigenvalue weighted by molar-refractivity contribution is 5.89. The van der Waals surface area contributed by atoms with Crippen LogP contribution in [0.3, 0.4) is 0 Å². The number of hydrogen-bond donors (Lipinski definition) is 2. The second-order valence-corrected chi connectivity index (χ2v) is 8.43. The Bertz CT molecular complexity index is 1160. The maximum Gasteiger partial charge on any atom is 0.318 e. The van der Waals surface area contributed by atoms with Gasteiger partial charge in [0.15, 0.2) is 5.82 Å². The van der Waals surface area contributed by atoms with Crippen LogP contribution < -0.4 is 20.4 Å². The molecule has 2 aliphatic rings. The normalized spacial score (nSPS) is 17.8. The van der Waals surface area contributed by atoms with Gasteiger partial charge in [-0.25, -0.2) is 24.7 Å². The molecule has 1 fully saturated rings. The van der Waals surface area contributed by atoms with Crippen LogP contribution >= 0.6 is 0 Å². The van der Waals surface area contributed by atoms with Gasteiger partial charge in [0.1, 0.15) is 18.0 Å². The Balaban J connectivity index is 1.52. The summed E-state index contributed by atoms with van der Waals surface area (Å²) in [6, 6.07) is 9.49. The number of aromatic nitrogens is 4. The van der Waals surface area contributed by atoms with E-state index in [1.54, 1.807) is 19.6 Å². The van der Waals surface area contributed by atoms with Crippen molar-refractivity contribution in [2.75, 3.05) is 48.5 Å². The highest BCUT2D eigenvalue weighted by Crippen LogP contribution is 2.32. The van der Waals surface area contributed by atoms with Crippen molar-refractivity contribution in [2.45, 2.75) is 25.9 Å². The highest BCUT2D eigenvalue weighted by Gasteiger charge is 2.29. The second kappa shape index (κ2) is 9.60. The first kappa shape index (κ1) is 22.0. The van der Waals surface area contributed by atoms with Crippen LogP contribution in [0.2, 0.25) is 0 Å². The molecule has 0 bridgehead atoms. The van der Waals surface area contributed by atoms with Crippen LogP contribution in [0.1, 0.15) is 18.2 Å². The van der Waals surface area contributed by atoms with Crippen LogP contribution in [0, 0.1) is 0 Å². The molecule has 0 saturated carbocycles. The molecule has 3 aromatic rings. The van der Waals surface area contributed by atoms with Gasteiger partial charge in [-0.15, -0.1) is 0 Å². The summed E-state index contributed by atoms with van der Waals surface area (Å²) in [5.41, 5.74) is 3.81. The number of rotatable bonds is 4. The van der Waals surface area contributed by atoms with Crippen molar-refractivity contribution >= 4 is 23.4 Å². The molecular weight excluding hydrogens is 432 g/mol. The Morgan fingerprint density at radius 2 is 2.00 bits per heavy atom. The first-order valence-electron chi connectivity index (χ1n) is 11.5. The van der Waals surface area contributed by atoms with Crippen molar-refractivity contribution in [3.63, 3.8) is 0 Å². The number of carbonyl (C=O) groups is 1. The summed E-state index contributed by atoms with van der Waals surface area (Å²) in [6.45, 7) is 5.84. The first-order valence-corrected chi connectivity index (χ1v) is 11.5. The second-order valence-electron chi connectivity index (χ2n) is 8.43. The number of fused-ring (bicyclic) bond motifs is 1. The molecular formula is C24H28N8O2. The number of urea groups is 1. The molecule has 1 aromatic carbocycles. The molecule has 0 radical (unpaired) electrons. The van der Waals surface area contributed by atoms with Gasteiger partial charge in [0, 0.05) is 43.1 Å². The fraction of sp³-hybridized carbons (Fsp3) is 0.375. The van der Waals surface area contributed by atoms with E-state index < -0.39 is 0 Å². The first-order chi connectivity index (χ1) is 16.6. The van der Waals surface area contributed by atoms with Crippen molar-refractivity contribution in [2.24, 2.45) is 0 Å². The zero-order valence-corrected chi connectivity index (χ0v) is 19.4. The van der Waals surface area contributed by atoms with Gasteiger partial charge in [0.25, 0.3) is 0 Å². The molecule has 2 aromatic heterocycles. The summed E-state index contributed by atoms with van der Waals surface area (Å²) in [6.07, 6.45) is 4.18. The van der Waals surface area contributed by atoms with Gasteiger partial charge < -0.3 is 25.2 Å². The number of hydrogen-bond acceptors (Lipinski definition) is 8. The smallest absolute Gasteiger partial charge is 0.318 e. The van der Waals surface area contributed by atoms with Crippen molar-refractivity contribution < 1.29 is 9.53 Å². The number of carbonyl (C=O) groups excluding carboxylic acids is 1.